The van der Waals surface area contributed by atoms with Gasteiger partial charge in [-0.1, -0.05) is 6.92 Å². The molecule has 1 aromatic rings. The second-order valence-electron chi connectivity index (χ2n) is 10.1. The summed E-state index contributed by atoms with van der Waals surface area (Å²) >= 11 is 0. The summed E-state index contributed by atoms with van der Waals surface area (Å²) in [6, 6.07) is 2.73. The van der Waals surface area contributed by atoms with Gasteiger partial charge in [0.25, 0.3) is 0 Å². The van der Waals surface area contributed by atoms with Crippen molar-refractivity contribution < 1.29 is 31.8 Å². The molecule has 0 N–H and O–H groups in total. The third kappa shape index (κ3) is 5.67. The molecule has 0 aromatic heterocycles. The fourth-order valence-electron chi connectivity index (χ4n) is 3.94. The lowest BCUT2D eigenvalue weighted by atomic mass is 9.72. The largest absolute Gasteiger partial charge is 0.493 e. The molecule has 0 amide bonds. The normalized spacial score (nSPS) is 25.1. The van der Waals surface area contributed by atoms with Crippen molar-refractivity contribution in [3.05, 3.63) is 29.1 Å². The SMILES string of the molecule is CC1(COc2cc(F)c(C(=O)OC(C)(C)C)cc2C2CC2)CCC(C(F)(F)F)CC1. The molecule has 2 aliphatic carbocycles. The first-order valence-electron chi connectivity index (χ1n) is 10.5. The summed E-state index contributed by atoms with van der Waals surface area (Å²) in [5, 5.41) is 0. The molecule has 0 atom stereocenters. The van der Waals surface area contributed by atoms with E-state index in [9.17, 15) is 22.4 Å². The van der Waals surface area contributed by atoms with Gasteiger partial charge in [-0.3, -0.25) is 0 Å². The molecule has 2 aliphatic rings. The van der Waals surface area contributed by atoms with E-state index in [4.69, 9.17) is 9.47 Å². The van der Waals surface area contributed by atoms with Gasteiger partial charge in [0.1, 0.15) is 17.2 Å². The lowest BCUT2D eigenvalue weighted by molar-refractivity contribution is -0.187. The maximum absolute atomic E-state index is 14.7. The Morgan fingerprint density at radius 2 is 1.70 bits per heavy atom. The fraction of sp³-hybridized carbons (Fsp3) is 0.696. The summed E-state index contributed by atoms with van der Waals surface area (Å²) in [6.45, 7) is 7.30. The van der Waals surface area contributed by atoms with E-state index >= 15 is 0 Å². The molecule has 168 valence electrons. The summed E-state index contributed by atoms with van der Waals surface area (Å²) in [5.74, 6) is -2.10. The van der Waals surface area contributed by atoms with Crippen LogP contribution >= 0.6 is 0 Å². The van der Waals surface area contributed by atoms with Gasteiger partial charge in [-0.15, -0.1) is 0 Å². The van der Waals surface area contributed by atoms with Crippen LogP contribution in [0.5, 0.6) is 5.75 Å². The highest BCUT2D eigenvalue weighted by Crippen LogP contribution is 2.47. The molecule has 30 heavy (non-hydrogen) atoms. The molecular weight excluding hydrogens is 400 g/mol. The van der Waals surface area contributed by atoms with Gasteiger partial charge in [-0.2, -0.15) is 13.2 Å². The third-order valence-electron chi connectivity index (χ3n) is 5.97. The van der Waals surface area contributed by atoms with Gasteiger partial charge < -0.3 is 9.47 Å². The molecule has 3 nitrogen and oxygen atoms in total. The van der Waals surface area contributed by atoms with E-state index in [2.05, 4.69) is 0 Å². The maximum atomic E-state index is 14.7. The Hall–Kier alpha value is -1.79. The number of carbonyl (C=O) groups excluding carboxylic acids is 1. The zero-order chi connectivity index (χ0) is 22.3. The highest BCUT2D eigenvalue weighted by molar-refractivity contribution is 5.90. The van der Waals surface area contributed by atoms with Crippen LogP contribution < -0.4 is 4.74 Å². The van der Waals surface area contributed by atoms with Gasteiger partial charge in [-0.25, -0.2) is 9.18 Å². The number of hydrogen-bond acceptors (Lipinski definition) is 3. The molecule has 0 saturated heterocycles. The molecular formula is C23H30F4O3. The average Bonchev–Trinajstić information content (AvgIpc) is 3.43. The summed E-state index contributed by atoms with van der Waals surface area (Å²) < 4.78 is 64.7. The first-order valence-corrected chi connectivity index (χ1v) is 10.5. The lowest BCUT2D eigenvalue weighted by Crippen LogP contribution is -2.35. The molecule has 2 saturated carbocycles. The number of alkyl halides is 3. The monoisotopic (exact) mass is 430 g/mol. The smallest absolute Gasteiger partial charge is 0.391 e. The van der Waals surface area contributed by atoms with E-state index in [-0.39, 0.29) is 36.3 Å². The van der Waals surface area contributed by atoms with Crippen LogP contribution in [0.15, 0.2) is 12.1 Å². The topological polar surface area (TPSA) is 35.5 Å². The van der Waals surface area contributed by atoms with Crippen LogP contribution in [0.4, 0.5) is 17.6 Å². The van der Waals surface area contributed by atoms with Crippen LogP contribution in [-0.2, 0) is 4.74 Å². The lowest BCUT2D eigenvalue weighted by Gasteiger charge is -2.37. The number of halogens is 4. The zero-order valence-corrected chi connectivity index (χ0v) is 18.0. The second kappa shape index (κ2) is 8.04. The minimum atomic E-state index is -4.15. The number of carbonyl (C=O) groups is 1. The van der Waals surface area contributed by atoms with E-state index in [0.717, 1.165) is 18.4 Å². The molecule has 1 aromatic carbocycles. The third-order valence-corrected chi connectivity index (χ3v) is 5.97. The van der Waals surface area contributed by atoms with Gasteiger partial charge in [0.05, 0.1) is 18.1 Å². The van der Waals surface area contributed by atoms with Crippen LogP contribution in [0.3, 0.4) is 0 Å². The van der Waals surface area contributed by atoms with Crippen LogP contribution in [-0.4, -0.2) is 24.4 Å². The van der Waals surface area contributed by atoms with E-state index in [1.54, 1.807) is 20.8 Å². The summed E-state index contributed by atoms with van der Waals surface area (Å²) in [5.41, 5.74) is -0.466. The van der Waals surface area contributed by atoms with Crippen LogP contribution in [0.2, 0.25) is 0 Å². The predicted octanol–water partition coefficient (Wildman–Crippen LogP) is 6.80. The summed E-state index contributed by atoms with van der Waals surface area (Å²) in [7, 11) is 0. The quantitative estimate of drug-likeness (QED) is 0.381. The Kier molecular flexibility index (Phi) is 6.14. The van der Waals surface area contributed by atoms with Crippen molar-refractivity contribution >= 4 is 5.97 Å². The molecule has 0 spiro atoms. The minimum absolute atomic E-state index is 0.0881. The summed E-state index contributed by atoms with van der Waals surface area (Å²) in [6.07, 6.45) is -1.29. The van der Waals surface area contributed by atoms with Crippen molar-refractivity contribution in [2.75, 3.05) is 6.61 Å². The van der Waals surface area contributed by atoms with Crippen LogP contribution in [0.25, 0.3) is 0 Å². The predicted molar refractivity (Wildman–Crippen MR) is 105 cm³/mol. The number of ether oxygens (including phenoxy) is 2. The molecule has 7 heteroatoms. The summed E-state index contributed by atoms with van der Waals surface area (Å²) in [4.78, 5) is 12.4. The molecule has 0 radical (unpaired) electrons. The zero-order valence-electron chi connectivity index (χ0n) is 18.0. The van der Waals surface area contributed by atoms with Gasteiger partial charge in [0.15, 0.2) is 0 Å². The van der Waals surface area contributed by atoms with Gasteiger partial charge in [0.2, 0.25) is 0 Å². The highest BCUT2D eigenvalue weighted by atomic mass is 19.4. The first-order chi connectivity index (χ1) is 13.8. The van der Waals surface area contributed by atoms with Gasteiger partial charge >= 0.3 is 12.1 Å². The number of rotatable bonds is 5. The molecule has 0 heterocycles. The van der Waals surface area contributed by atoms with Crippen molar-refractivity contribution in [2.45, 2.75) is 83.9 Å². The van der Waals surface area contributed by atoms with Crippen molar-refractivity contribution in [3.8, 4) is 5.75 Å². The number of benzene rings is 1. The standard InChI is InChI=1S/C23H30F4O3/c1-21(2,3)30-20(28)17-11-16(14-5-6-14)19(12-18(17)24)29-13-22(4)9-7-15(8-10-22)23(25,26)27/h11-12,14-15H,5-10,13H2,1-4H3. The first kappa shape index (κ1) is 22.9. The van der Waals surface area contributed by atoms with E-state index < -0.39 is 29.5 Å². The van der Waals surface area contributed by atoms with Crippen LogP contribution in [0, 0.1) is 17.2 Å². The van der Waals surface area contributed by atoms with Crippen molar-refractivity contribution in [1.82, 2.24) is 0 Å². The van der Waals surface area contributed by atoms with E-state index in [1.165, 1.54) is 12.1 Å². The number of hydrogen-bond donors (Lipinski definition) is 0. The van der Waals surface area contributed by atoms with Crippen molar-refractivity contribution in [1.29, 1.82) is 0 Å². The Balaban J connectivity index is 1.72. The minimum Gasteiger partial charge on any atom is -0.493 e. The second-order valence-corrected chi connectivity index (χ2v) is 10.1. The fourth-order valence-corrected chi connectivity index (χ4v) is 3.94. The number of esters is 1. The van der Waals surface area contributed by atoms with Crippen LogP contribution in [0.1, 0.15) is 88.1 Å². The Bertz CT molecular complexity index is 783. The average molecular weight is 430 g/mol. The highest BCUT2D eigenvalue weighted by Gasteiger charge is 2.44. The van der Waals surface area contributed by atoms with Crippen molar-refractivity contribution in [3.63, 3.8) is 0 Å². The Morgan fingerprint density at radius 1 is 1.10 bits per heavy atom. The molecule has 3 rings (SSSR count). The van der Waals surface area contributed by atoms with E-state index in [1.807, 2.05) is 6.92 Å². The molecule has 0 bridgehead atoms. The van der Waals surface area contributed by atoms with E-state index in [0.29, 0.717) is 18.6 Å². The maximum Gasteiger partial charge on any atom is 0.391 e. The Morgan fingerprint density at radius 3 is 2.20 bits per heavy atom. The Labute approximate surface area is 175 Å². The molecule has 2 fully saturated rings. The van der Waals surface area contributed by atoms with Gasteiger partial charge in [0, 0.05) is 11.5 Å². The van der Waals surface area contributed by atoms with Crippen molar-refractivity contribution in [2.24, 2.45) is 11.3 Å². The molecule has 0 aliphatic heterocycles. The molecule has 0 unspecified atom stereocenters. The van der Waals surface area contributed by atoms with Gasteiger partial charge in [-0.05, 0) is 76.8 Å².